The summed E-state index contributed by atoms with van der Waals surface area (Å²) in [6, 6.07) is 0.444. The van der Waals surface area contributed by atoms with Gasteiger partial charge in [0.15, 0.2) is 0 Å². The molecule has 6 nitrogen and oxygen atoms in total. The maximum absolute atomic E-state index is 11.6. The molecule has 0 spiro atoms. The van der Waals surface area contributed by atoms with E-state index in [0.717, 1.165) is 13.0 Å². The van der Waals surface area contributed by atoms with Crippen LogP contribution in [0.5, 0.6) is 0 Å². The normalized spacial score (nSPS) is 12.2. The SMILES string of the molecule is COCCOCCNS(=O)(=O)CCCCNC(C)C. The van der Waals surface area contributed by atoms with Crippen LogP contribution in [0.15, 0.2) is 0 Å². The summed E-state index contributed by atoms with van der Waals surface area (Å²) in [5, 5.41) is 3.26. The minimum atomic E-state index is -3.16. The highest BCUT2D eigenvalue weighted by Gasteiger charge is 2.08. The molecule has 0 amide bonds. The lowest BCUT2D eigenvalue weighted by Gasteiger charge is -2.09. The summed E-state index contributed by atoms with van der Waals surface area (Å²) >= 11 is 0. The summed E-state index contributed by atoms with van der Waals surface area (Å²) in [7, 11) is -1.57. The maximum Gasteiger partial charge on any atom is 0.211 e. The fourth-order valence-corrected chi connectivity index (χ4v) is 2.52. The first-order valence-electron chi connectivity index (χ1n) is 6.75. The van der Waals surface area contributed by atoms with Gasteiger partial charge in [0.05, 0.1) is 25.6 Å². The Kier molecular flexibility index (Phi) is 11.5. The highest BCUT2D eigenvalue weighted by Crippen LogP contribution is 1.94. The fourth-order valence-electron chi connectivity index (χ4n) is 1.39. The molecule has 0 aromatic carbocycles. The minimum absolute atomic E-state index is 0.171. The number of hydrogen-bond donors (Lipinski definition) is 2. The lowest BCUT2D eigenvalue weighted by molar-refractivity contribution is 0.0736. The van der Waals surface area contributed by atoms with Crippen LogP contribution in [0.1, 0.15) is 26.7 Å². The van der Waals surface area contributed by atoms with Crippen LogP contribution in [0.2, 0.25) is 0 Å². The van der Waals surface area contributed by atoms with Gasteiger partial charge in [-0.25, -0.2) is 13.1 Å². The van der Waals surface area contributed by atoms with Crippen molar-refractivity contribution in [3.63, 3.8) is 0 Å². The van der Waals surface area contributed by atoms with E-state index in [1.807, 2.05) is 0 Å². The van der Waals surface area contributed by atoms with Gasteiger partial charge in [-0.1, -0.05) is 13.8 Å². The average Bonchev–Trinajstić information content (AvgIpc) is 2.32. The molecule has 7 heteroatoms. The zero-order chi connectivity index (χ0) is 14.6. The molecule has 0 fully saturated rings. The smallest absolute Gasteiger partial charge is 0.211 e. The van der Waals surface area contributed by atoms with Crippen LogP contribution < -0.4 is 10.0 Å². The number of sulfonamides is 1. The third-order valence-electron chi connectivity index (χ3n) is 2.39. The van der Waals surface area contributed by atoms with Crippen molar-refractivity contribution >= 4 is 10.0 Å². The van der Waals surface area contributed by atoms with Crippen molar-refractivity contribution < 1.29 is 17.9 Å². The van der Waals surface area contributed by atoms with E-state index in [-0.39, 0.29) is 5.75 Å². The molecule has 0 aliphatic carbocycles. The fraction of sp³-hybridized carbons (Fsp3) is 1.00. The van der Waals surface area contributed by atoms with Gasteiger partial charge in [-0.15, -0.1) is 0 Å². The summed E-state index contributed by atoms with van der Waals surface area (Å²) in [5.74, 6) is 0.171. The third kappa shape index (κ3) is 14.0. The Morgan fingerprint density at radius 2 is 1.79 bits per heavy atom. The van der Waals surface area contributed by atoms with E-state index in [4.69, 9.17) is 9.47 Å². The first kappa shape index (κ1) is 18.8. The molecule has 0 aromatic rings. The van der Waals surface area contributed by atoms with Crippen LogP contribution in [0.4, 0.5) is 0 Å². The number of methoxy groups -OCH3 is 1. The largest absolute Gasteiger partial charge is 0.382 e. The molecule has 0 aliphatic rings. The lowest BCUT2D eigenvalue weighted by Crippen LogP contribution is -2.30. The summed E-state index contributed by atoms with van der Waals surface area (Å²) in [4.78, 5) is 0. The minimum Gasteiger partial charge on any atom is -0.382 e. The Balaban J connectivity index is 3.47. The molecule has 2 N–H and O–H groups in total. The van der Waals surface area contributed by atoms with E-state index in [1.54, 1.807) is 7.11 Å². The molecule has 0 radical (unpaired) electrons. The Labute approximate surface area is 117 Å². The average molecular weight is 296 g/mol. The number of hydrogen-bond acceptors (Lipinski definition) is 5. The third-order valence-corrected chi connectivity index (χ3v) is 3.86. The van der Waals surface area contributed by atoms with Crippen molar-refractivity contribution in [3.05, 3.63) is 0 Å². The van der Waals surface area contributed by atoms with Crippen molar-refractivity contribution in [1.82, 2.24) is 10.0 Å². The van der Waals surface area contributed by atoms with Gasteiger partial charge in [0.1, 0.15) is 0 Å². The molecular weight excluding hydrogens is 268 g/mol. The van der Waals surface area contributed by atoms with Crippen molar-refractivity contribution in [2.24, 2.45) is 0 Å². The van der Waals surface area contributed by atoms with Gasteiger partial charge in [0.2, 0.25) is 10.0 Å². The molecule has 0 saturated carbocycles. The van der Waals surface area contributed by atoms with Gasteiger partial charge in [-0.05, 0) is 19.4 Å². The highest BCUT2D eigenvalue weighted by atomic mass is 32.2. The molecule has 0 unspecified atom stereocenters. The van der Waals surface area contributed by atoms with E-state index >= 15 is 0 Å². The first-order chi connectivity index (χ1) is 8.98. The second kappa shape index (κ2) is 11.6. The maximum atomic E-state index is 11.6. The molecular formula is C12H28N2O4S. The first-order valence-corrected chi connectivity index (χ1v) is 8.40. The monoisotopic (exact) mass is 296 g/mol. The Hall–Kier alpha value is -0.210. The zero-order valence-corrected chi connectivity index (χ0v) is 13.1. The summed E-state index contributed by atoms with van der Waals surface area (Å²) < 4.78 is 35.7. The summed E-state index contributed by atoms with van der Waals surface area (Å²) in [6.07, 6.45) is 1.53. The molecule has 0 aliphatic heterocycles. The second-order valence-corrected chi connectivity index (χ2v) is 6.56. The quantitative estimate of drug-likeness (QED) is 0.480. The van der Waals surface area contributed by atoms with Crippen molar-refractivity contribution in [2.75, 3.05) is 45.8 Å². The molecule has 116 valence electrons. The summed E-state index contributed by atoms with van der Waals surface area (Å²) in [6.45, 7) is 6.69. The predicted octanol–water partition coefficient (Wildman–Crippen LogP) is 0.347. The molecule has 0 rings (SSSR count). The van der Waals surface area contributed by atoms with Crippen LogP contribution in [0, 0.1) is 0 Å². The Bertz CT molecular complexity index is 294. The predicted molar refractivity (Wildman–Crippen MR) is 76.9 cm³/mol. The van der Waals surface area contributed by atoms with Gasteiger partial charge in [-0.3, -0.25) is 0 Å². The van der Waals surface area contributed by atoms with Crippen LogP contribution in [-0.2, 0) is 19.5 Å². The van der Waals surface area contributed by atoms with Gasteiger partial charge in [0.25, 0.3) is 0 Å². The zero-order valence-electron chi connectivity index (χ0n) is 12.3. The number of unbranched alkanes of at least 4 members (excludes halogenated alkanes) is 1. The van der Waals surface area contributed by atoms with Gasteiger partial charge >= 0.3 is 0 Å². The molecule has 0 aromatic heterocycles. The second-order valence-electron chi connectivity index (χ2n) is 4.63. The molecule has 0 saturated heterocycles. The molecule has 0 atom stereocenters. The Morgan fingerprint density at radius 1 is 1.05 bits per heavy atom. The Morgan fingerprint density at radius 3 is 2.42 bits per heavy atom. The van der Waals surface area contributed by atoms with E-state index < -0.39 is 10.0 Å². The van der Waals surface area contributed by atoms with Crippen molar-refractivity contribution in [2.45, 2.75) is 32.7 Å². The highest BCUT2D eigenvalue weighted by molar-refractivity contribution is 7.89. The van der Waals surface area contributed by atoms with Gasteiger partial charge in [0, 0.05) is 19.7 Å². The number of ether oxygens (including phenoxy) is 2. The lowest BCUT2D eigenvalue weighted by atomic mass is 10.3. The van der Waals surface area contributed by atoms with E-state index in [2.05, 4.69) is 23.9 Å². The van der Waals surface area contributed by atoms with Gasteiger partial charge in [-0.2, -0.15) is 0 Å². The standard InChI is InChI=1S/C12H28N2O4S/c1-12(2)13-6-4-5-11-19(15,16)14-7-8-18-10-9-17-3/h12-14H,4-11H2,1-3H3. The van der Waals surface area contributed by atoms with E-state index in [0.29, 0.717) is 38.8 Å². The van der Waals surface area contributed by atoms with Crippen molar-refractivity contribution in [1.29, 1.82) is 0 Å². The van der Waals surface area contributed by atoms with Crippen molar-refractivity contribution in [3.8, 4) is 0 Å². The van der Waals surface area contributed by atoms with Crippen LogP contribution in [0.3, 0.4) is 0 Å². The number of rotatable bonds is 13. The van der Waals surface area contributed by atoms with Crippen LogP contribution >= 0.6 is 0 Å². The van der Waals surface area contributed by atoms with Crippen LogP contribution in [0.25, 0.3) is 0 Å². The topological polar surface area (TPSA) is 76.7 Å². The summed E-state index contributed by atoms with van der Waals surface area (Å²) in [5.41, 5.74) is 0. The molecule has 19 heavy (non-hydrogen) atoms. The molecule has 0 heterocycles. The van der Waals surface area contributed by atoms with E-state index in [1.165, 1.54) is 0 Å². The van der Waals surface area contributed by atoms with Gasteiger partial charge < -0.3 is 14.8 Å². The number of nitrogens with one attached hydrogen (secondary N) is 2. The van der Waals surface area contributed by atoms with Crippen LogP contribution in [-0.4, -0.2) is 60.2 Å². The molecule has 0 bridgehead atoms. The van der Waals surface area contributed by atoms with E-state index in [9.17, 15) is 8.42 Å².